The summed E-state index contributed by atoms with van der Waals surface area (Å²) in [4.78, 5) is 12.7. The Balaban J connectivity index is 0.943. The molecular weight excluding hydrogens is 904 g/mol. The third-order valence-corrected chi connectivity index (χ3v) is 15.4. The van der Waals surface area contributed by atoms with E-state index in [4.69, 9.17) is 14.5 Å². The maximum atomic E-state index is 7.32. The first-order chi connectivity index (χ1) is 36.7. The van der Waals surface area contributed by atoms with Crippen LogP contribution in [0.2, 0.25) is 0 Å². The van der Waals surface area contributed by atoms with E-state index in [9.17, 15) is 0 Å². The van der Waals surface area contributed by atoms with Crippen molar-refractivity contribution in [2.75, 3.05) is 14.7 Å². The lowest BCUT2D eigenvalue weighted by Crippen LogP contribution is -2.63. The van der Waals surface area contributed by atoms with Crippen LogP contribution >= 0.6 is 0 Å². The Morgan fingerprint density at radius 1 is 0.338 bits per heavy atom. The minimum absolute atomic E-state index is 0.196. The van der Waals surface area contributed by atoms with Crippen molar-refractivity contribution in [2.24, 2.45) is 0 Å². The number of fused-ring (bicyclic) bond motifs is 11. The van der Waals surface area contributed by atoms with Crippen molar-refractivity contribution in [3.05, 3.63) is 249 Å². The average molecular weight is 946 g/mol. The minimum atomic E-state index is -0.202. The molecule has 74 heavy (non-hydrogen) atoms. The van der Waals surface area contributed by atoms with E-state index in [0.717, 1.165) is 101 Å². The fourth-order valence-electron chi connectivity index (χ4n) is 12.5. The molecule has 0 aliphatic carbocycles. The highest BCUT2D eigenvalue weighted by molar-refractivity contribution is 7.02. The second-order valence-corrected chi connectivity index (χ2v) is 19.4. The van der Waals surface area contributed by atoms with Crippen LogP contribution < -0.4 is 57.0 Å². The third-order valence-electron chi connectivity index (χ3n) is 15.4. The first kappa shape index (κ1) is 41.0. The zero-order chi connectivity index (χ0) is 48.4. The zero-order valence-electron chi connectivity index (χ0n) is 39.9. The predicted molar refractivity (Wildman–Crippen MR) is 305 cm³/mol. The number of aromatic nitrogens is 2. The van der Waals surface area contributed by atoms with Crippen molar-refractivity contribution < 1.29 is 9.47 Å². The molecule has 0 N–H and O–H groups in total. The molecule has 16 rings (SSSR count). The van der Waals surface area contributed by atoms with Crippen LogP contribution in [-0.2, 0) is 0 Å². The van der Waals surface area contributed by atoms with E-state index in [1.54, 1.807) is 0 Å². The van der Waals surface area contributed by atoms with Crippen molar-refractivity contribution in [3.8, 4) is 28.9 Å². The van der Waals surface area contributed by atoms with Crippen molar-refractivity contribution in [1.82, 2.24) is 9.55 Å². The molecule has 344 valence electrons. The van der Waals surface area contributed by atoms with E-state index in [2.05, 4.69) is 268 Å². The molecule has 6 heterocycles. The molecule has 4 aliphatic rings. The van der Waals surface area contributed by atoms with Crippen molar-refractivity contribution >= 4 is 119 Å². The number of ether oxygens (including phenoxy) is 2. The summed E-state index contributed by atoms with van der Waals surface area (Å²) in [5, 5.41) is 2.40. The quantitative estimate of drug-likeness (QED) is 0.155. The van der Waals surface area contributed by atoms with Crippen LogP contribution in [0.15, 0.2) is 249 Å². The molecule has 0 unspecified atom stereocenters. The zero-order valence-corrected chi connectivity index (χ0v) is 39.9. The van der Waals surface area contributed by atoms with Crippen molar-refractivity contribution in [2.45, 2.75) is 0 Å². The maximum absolute atomic E-state index is 7.32. The second-order valence-electron chi connectivity index (χ2n) is 19.4. The van der Waals surface area contributed by atoms with Gasteiger partial charge in [0.1, 0.15) is 11.5 Å². The van der Waals surface area contributed by atoms with E-state index in [1.165, 1.54) is 21.7 Å². The molecule has 9 heteroatoms. The topological polar surface area (TPSA) is 46.0 Å². The van der Waals surface area contributed by atoms with Gasteiger partial charge in [-0.25, -0.2) is 0 Å². The van der Waals surface area contributed by atoms with Gasteiger partial charge in [0, 0.05) is 68.4 Å². The van der Waals surface area contributed by atoms with Gasteiger partial charge in [0.15, 0.2) is 0 Å². The number of rotatable bonds is 6. The molecule has 2 aromatic heterocycles. The molecule has 0 spiro atoms. The standard InChI is InChI=1S/C65H41B2N5O2/c1-5-21-42(22-6-1)69(43-23-7-2-8-24-43)46-37-58-62-60(39-46)73-64-52(66(62)50-31-15-19-35-56(50)70(58)44-25-9-3-10-26-44)41-53-65(68-64)74-61-40-47(72-54-33-17-13-29-48(54)49-30-14-18-34-55(49)72)38-59-63(61)67(53)51-32-16-20-36-57(51)71(59)45-27-11-4-12-28-45/h1-41H. The molecule has 0 saturated heterocycles. The molecule has 10 aromatic carbocycles. The lowest BCUT2D eigenvalue weighted by Gasteiger charge is -2.42. The lowest BCUT2D eigenvalue weighted by atomic mass is 9.31. The Hall–Kier alpha value is -9.72. The molecule has 0 atom stereocenters. The van der Waals surface area contributed by atoms with E-state index < -0.39 is 0 Å². The van der Waals surface area contributed by atoms with E-state index >= 15 is 0 Å². The summed E-state index contributed by atoms with van der Waals surface area (Å²) >= 11 is 0. The Bertz CT molecular complexity index is 4150. The normalized spacial score (nSPS) is 13.2. The minimum Gasteiger partial charge on any atom is -0.440 e. The van der Waals surface area contributed by atoms with Gasteiger partial charge in [-0.15, -0.1) is 0 Å². The van der Waals surface area contributed by atoms with E-state index in [1.807, 2.05) is 0 Å². The highest BCUT2D eigenvalue weighted by Crippen LogP contribution is 2.47. The molecule has 0 fully saturated rings. The van der Waals surface area contributed by atoms with Gasteiger partial charge >= 0.3 is 0 Å². The van der Waals surface area contributed by atoms with E-state index in [-0.39, 0.29) is 13.4 Å². The molecular formula is C65H41B2N5O2. The predicted octanol–water partition coefficient (Wildman–Crippen LogP) is 12.5. The van der Waals surface area contributed by atoms with Crippen LogP contribution in [0.25, 0.3) is 27.5 Å². The highest BCUT2D eigenvalue weighted by atomic mass is 16.5. The molecule has 0 radical (unpaired) electrons. The average Bonchev–Trinajstić information content (AvgIpc) is 3.87. The van der Waals surface area contributed by atoms with Crippen molar-refractivity contribution in [1.29, 1.82) is 0 Å². The number of anilines is 9. The van der Waals surface area contributed by atoms with E-state index in [0.29, 0.717) is 11.8 Å². The number of benzene rings is 10. The van der Waals surface area contributed by atoms with Crippen molar-refractivity contribution in [3.63, 3.8) is 0 Å². The molecule has 0 bridgehead atoms. The summed E-state index contributed by atoms with van der Waals surface area (Å²) in [5.41, 5.74) is 19.4. The summed E-state index contributed by atoms with van der Waals surface area (Å²) in [6.07, 6.45) is 0. The number of hydrogen-bond donors (Lipinski definition) is 0. The van der Waals surface area contributed by atoms with Crippen LogP contribution in [0.1, 0.15) is 0 Å². The summed E-state index contributed by atoms with van der Waals surface area (Å²) < 4.78 is 17.0. The van der Waals surface area contributed by atoms with Gasteiger partial charge in [-0.3, -0.25) is 0 Å². The van der Waals surface area contributed by atoms with Gasteiger partial charge in [-0.1, -0.05) is 152 Å². The second kappa shape index (κ2) is 15.9. The van der Waals surface area contributed by atoms with Crippen LogP contribution in [0.5, 0.6) is 23.3 Å². The number of pyridine rings is 1. The summed E-state index contributed by atoms with van der Waals surface area (Å²) in [5.74, 6) is 2.60. The molecule has 0 amide bonds. The van der Waals surface area contributed by atoms with Gasteiger partial charge in [-0.05, 0) is 118 Å². The fraction of sp³-hybridized carbons (Fsp3) is 0. The Morgan fingerprint density at radius 3 is 1.30 bits per heavy atom. The lowest BCUT2D eigenvalue weighted by molar-refractivity contribution is 0.432. The highest BCUT2D eigenvalue weighted by Gasteiger charge is 2.47. The summed E-state index contributed by atoms with van der Waals surface area (Å²) in [6.45, 7) is -0.398. The smallest absolute Gasteiger partial charge is 0.258 e. The first-order valence-electron chi connectivity index (χ1n) is 25.3. The number of para-hydroxylation sites is 8. The SMILES string of the molecule is c1ccc(N(c2ccccc2)c2cc3c4c(c2)N(c2ccccc2)c2ccccc2B4c2cc4c(nc2O3)Oc2cc(-n3c5ccccc5c5ccccc53)cc3c2B4c2ccccc2N3c2ccccc2)cc1. The molecule has 0 saturated carbocycles. The fourth-order valence-corrected chi connectivity index (χ4v) is 12.5. The molecule has 4 aliphatic heterocycles. The molecule has 12 aromatic rings. The van der Waals surface area contributed by atoms with Crippen LogP contribution in [0.4, 0.5) is 51.2 Å². The van der Waals surface area contributed by atoms with Gasteiger partial charge in [0.2, 0.25) is 11.8 Å². The summed E-state index contributed by atoms with van der Waals surface area (Å²) in [6, 6.07) is 89.0. The third kappa shape index (κ3) is 5.95. The largest absolute Gasteiger partial charge is 0.440 e. The summed E-state index contributed by atoms with van der Waals surface area (Å²) in [7, 11) is 0. The Labute approximate surface area is 428 Å². The Kier molecular flexibility index (Phi) is 8.79. The van der Waals surface area contributed by atoms with Gasteiger partial charge in [-0.2, -0.15) is 4.98 Å². The van der Waals surface area contributed by atoms with Gasteiger partial charge in [0.25, 0.3) is 13.4 Å². The van der Waals surface area contributed by atoms with Crippen LogP contribution in [0.3, 0.4) is 0 Å². The number of hydrogen-bond acceptors (Lipinski definition) is 6. The Morgan fingerprint density at radius 2 is 0.770 bits per heavy atom. The van der Waals surface area contributed by atoms with Crippen LogP contribution in [-0.4, -0.2) is 23.0 Å². The van der Waals surface area contributed by atoms with Crippen LogP contribution in [0, 0.1) is 0 Å². The van der Waals surface area contributed by atoms with Gasteiger partial charge in [0.05, 0.1) is 22.4 Å². The first-order valence-corrected chi connectivity index (χ1v) is 25.3. The van der Waals surface area contributed by atoms with Gasteiger partial charge < -0.3 is 28.7 Å². The monoisotopic (exact) mass is 945 g/mol. The maximum Gasteiger partial charge on any atom is 0.258 e. The number of nitrogens with zero attached hydrogens (tertiary/aromatic N) is 5. The molecule has 7 nitrogen and oxygen atoms in total.